The molecule has 0 aliphatic rings. The smallest absolute Gasteiger partial charge is 0.220 e. The Labute approximate surface area is 90.8 Å². The Hall–Kier alpha value is -0.230. The van der Waals surface area contributed by atoms with Crippen molar-refractivity contribution in [1.29, 1.82) is 0 Å². The predicted molar refractivity (Wildman–Crippen MR) is 60.4 cm³/mol. The Bertz CT molecular complexity index is 262. The van der Waals surface area contributed by atoms with Crippen LogP contribution in [0.4, 0.5) is 0 Å². The number of nitrogens with one attached hydrogen (secondary N) is 1. The van der Waals surface area contributed by atoms with Gasteiger partial charge in [0.2, 0.25) is 5.91 Å². The van der Waals surface area contributed by atoms with Crippen LogP contribution in [-0.4, -0.2) is 38.6 Å². The molecule has 1 amide bonds. The molecule has 0 heterocycles. The van der Waals surface area contributed by atoms with Crippen LogP contribution in [0.2, 0.25) is 0 Å². The lowest BCUT2D eigenvalue weighted by molar-refractivity contribution is -0.121. The summed E-state index contributed by atoms with van der Waals surface area (Å²) in [5, 5.41) is 2.56. The summed E-state index contributed by atoms with van der Waals surface area (Å²) in [7, 11) is -2.97. The van der Waals surface area contributed by atoms with Gasteiger partial charge in [0.25, 0.3) is 0 Å². The molecule has 0 aromatic rings. The lowest BCUT2D eigenvalue weighted by Gasteiger charge is -2.03. The van der Waals surface area contributed by atoms with E-state index in [1.807, 2.05) is 0 Å². The van der Waals surface area contributed by atoms with Crippen molar-refractivity contribution >= 4 is 28.4 Å². The highest BCUT2D eigenvalue weighted by Gasteiger charge is 2.04. The van der Waals surface area contributed by atoms with Crippen LogP contribution in [0.15, 0.2) is 0 Å². The Morgan fingerprint density at radius 1 is 1.36 bits per heavy atom. The van der Waals surface area contributed by atoms with Crippen LogP contribution >= 0.6 is 12.6 Å². The lowest BCUT2D eigenvalue weighted by Crippen LogP contribution is -2.28. The van der Waals surface area contributed by atoms with Gasteiger partial charge < -0.3 is 5.32 Å². The van der Waals surface area contributed by atoms with Gasteiger partial charge in [-0.25, -0.2) is 8.42 Å². The van der Waals surface area contributed by atoms with Crippen molar-refractivity contribution in [2.45, 2.75) is 19.3 Å². The molecule has 4 nitrogen and oxygen atoms in total. The third-order valence-electron chi connectivity index (χ3n) is 1.61. The first kappa shape index (κ1) is 13.8. The van der Waals surface area contributed by atoms with E-state index < -0.39 is 9.84 Å². The van der Waals surface area contributed by atoms with E-state index in [1.54, 1.807) is 0 Å². The van der Waals surface area contributed by atoms with Crippen molar-refractivity contribution in [2.24, 2.45) is 0 Å². The zero-order valence-corrected chi connectivity index (χ0v) is 10.0. The van der Waals surface area contributed by atoms with Crippen LogP contribution in [0.1, 0.15) is 19.3 Å². The molecule has 0 aliphatic heterocycles. The van der Waals surface area contributed by atoms with Gasteiger partial charge in [0, 0.05) is 19.2 Å². The SMILES string of the molecule is CS(=O)(=O)CCNC(=O)CCCCS. The molecule has 0 bridgehead atoms. The van der Waals surface area contributed by atoms with Crippen LogP contribution in [0.25, 0.3) is 0 Å². The lowest BCUT2D eigenvalue weighted by atomic mass is 10.2. The van der Waals surface area contributed by atoms with E-state index in [0.29, 0.717) is 6.42 Å². The minimum atomic E-state index is -2.97. The molecule has 0 saturated heterocycles. The summed E-state index contributed by atoms with van der Waals surface area (Å²) in [6.07, 6.45) is 3.31. The summed E-state index contributed by atoms with van der Waals surface area (Å²) in [5.41, 5.74) is 0. The number of carbonyl (C=O) groups excluding carboxylic acids is 1. The number of unbranched alkanes of at least 4 members (excludes halogenated alkanes) is 1. The number of sulfone groups is 1. The van der Waals surface area contributed by atoms with E-state index in [1.165, 1.54) is 0 Å². The first-order valence-electron chi connectivity index (χ1n) is 4.51. The van der Waals surface area contributed by atoms with Crippen LogP contribution in [0, 0.1) is 0 Å². The zero-order chi connectivity index (χ0) is 11.0. The van der Waals surface area contributed by atoms with E-state index in [4.69, 9.17) is 0 Å². The fraction of sp³-hybridized carbons (Fsp3) is 0.875. The third kappa shape index (κ3) is 9.85. The summed E-state index contributed by atoms with van der Waals surface area (Å²) in [6, 6.07) is 0. The number of thiol groups is 1. The molecule has 1 N–H and O–H groups in total. The topological polar surface area (TPSA) is 63.2 Å². The van der Waals surface area contributed by atoms with Gasteiger partial charge in [-0.2, -0.15) is 12.6 Å². The average Bonchev–Trinajstić information content (AvgIpc) is 2.02. The predicted octanol–water partition coefficient (Wildman–Crippen LogP) is 0.247. The van der Waals surface area contributed by atoms with Crippen molar-refractivity contribution in [1.82, 2.24) is 5.32 Å². The quantitative estimate of drug-likeness (QED) is 0.494. The van der Waals surface area contributed by atoms with Gasteiger partial charge >= 0.3 is 0 Å². The Morgan fingerprint density at radius 2 is 2.00 bits per heavy atom. The van der Waals surface area contributed by atoms with Gasteiger partial charge in [-0.1, -0.05) is 0 Å². The molecule has 0 fully saturated rings. The van der Waals surface area contributed by atoms with Crippen LogP contribution in [0.5, 0.6) is 0 Å². The maximum absolute atomic E-state index is 11.1. The van der Waals surface area contributed by atoms with Crippen molar-refractivity contribution < 1.29 is 13.2 Å². The fourth-order valence-electron chi connectivity index (χ4n) is 0.862. The largest absolute Gasteiger partial charge is 0.355 e. The Kier molecular flexibility index (Phi) is 7.00. The third-order valence-corrected chi connectivity index (χ3v) is 2.87. The number of amides is 1. The summed E-state index contributed by atoms with van der Waals surface area (Å²) < 4.78 is 21.4. The molecule has 0 unspecified atom stereocenters. The first-order valence-corrected chi connectivity index (χ1v) is 7.20. The minimum absolute atomic E-state index is 0.00527. The zero-order valence-electron chi connectivity index (χ0n) is 8.32. The second-order valence-corrected chi connectivity index (χ2v) is 5.87. The standard InChI is InChI=1S/C8H17NO3S2/c1-14(11,12)7-5-9-8(10)4-2-3-6-13/h13H,2-7H2,1H3,(H,9,10). The normalized spacial score (nSPS) is 11.3. The minimum Gasteiger partial charge on any atom is -0.355 e. The van der Waals surface area contributed by atoms with E-state index in [0.717, 1.165) is 24.9 Å². The van der Waals surface area contributed by atoms with Crippen molar-refractivity contribution in [3.63, 3.8) is 0 Å². The van der Waals surface area contributed by atoms with Gasteiger partial charge in [0.15, 0.2) is 0 Å². The van der Waals surface area contributed by atoms with Crippen LogP contribution in [-0.2, 0) is 14.6 Å². The monoisotopic (exact) mass is 239 g/mol. The molecule has 0 atom stereocenters. The first-order chi connectivity index (χ1) is 6.45. The highest BCUT2D eigenvalue weighted by molar-refractivity contribution is 7.90. The van der Waals surface area contributed by atoms with Crippen molar-refractivity contribution in [3.05, 3.63) is 0 Å². The Balaban J connectivity index is 3.45. The van der Waals surface area contributed by atoms with E-state index >= 15 is 0 Å². The van der Waals surface area contributed by atoms with Crippen LogP contribution < -0.4 is 5.32 Å². The molecular formula is C8H17NO3S2. The van der Waals surface area contributed by atoms with Gasteiger partial charge in [-0.15, -0.1) is 0 Å². The maximum atomic E-state index is 11.1. The second-order valence-electron chi connectivity index (χ2n) is 3.16. The van der Waals surface area contributed by atoms with Crippen molar-refractivity contribution in [3.8, 4) is 0 Å². The molecule has 6 heteroatoms. The van der Waals surface area contributed by atoms with Gasteiger partial charge in [-0.05, 0) is 18.6 Å². The second kappa shape index (κ2) is 7.11. The molecule has 0 aromatic carbocycles. The highest BCUT2D eigenvalue weighted by Crippen LogP contribution is 1.96. The van der Waals surface area contributed by atoms with Crippen molar-refractivity contribution in [2.75, 3.05) is 24.3 Å². The molecule has 14 heavy (non-hydrogen) atoms. The Morgan fingerprint density at radius 3 is 2.50 bits per heavy atom. The molecule has 0 spiro atoms. The molecule has 84 valence electrons. The number of hydrogen-bond acceptors (Lipinski definition) is 4. The number of rotatable bonds is 7. The molecular weight excluding hydrogens is 222 g/mol. The maximum Gasteiger partial charge on any atom is 0.220 e. The average molecular weight is 239 g/mol. The van der Waals surface area contributed by atoms with Gasteiger partial charge in [0.1, 0.15) is 9.84 Å². The fourth-order valence-corrected chi connectivity index (χ4v) is 1.56. The molecule has 0 radical (unpaired) electrons. The number of hydrogen-bond donors (Lipinski definition) is 2. The highest BCUT2D eigenvalue weighted by atomic mass is 32.2. The van der Waals surface area contributed by atoms with Gasteiger partial charge in [-0.3, -0.25) is 4.79 Å². The number of carbonyl (C=O) groups is 1. The molecule has 0 aromatic heterocycles. The van der Waals surface area contributed by atoms with Gasteiger partial charge in [0.05, 0.1) is 5.75 Å². The van der Waals surface area contributed by atoms with Crippen LogP contribution in [0.3, 0.4) is 0 Å². The summed E-state index contributed by atoms with van der Waals surface area (Å²) in [4.78, 5) is 11.1. The van der Waals surface area contributed by atoms with E-state index in [9.17, 15) is 13.2 Å². The van der Waals surface area contributed by atoms with E-state index in [2.05, 4.69) is 17.9 Å². The molecule has 0 rings (SSSR count). The summed E-state index contributed by atoms with van der Waals surface area (Å²) in [6.45, 7) is 0.207. The summed E-state index contributed by atoms with van der Waals surface area (Å²) in [5.74, 6) is 0.692. The summed E-state index contributed by atoms with van der Waals surface area (Å²) >= 11 is 4.02. The molecule has 0 aliphatic carbocycles. The molecule has 0 saturated carbocycles. The van der Waals surface area contributed by atoms with E-state index in [-0.39, 0.29) is 18.2 Å².